The van der Waals surface area contributed by atoms with Gasteiger partial charge in [0.1, 0.15) is 0 Å². The van der Waals surface area contributed by atoms with Crippen molar-refractivity contribution in [2.75, 3.05) is 6.54 Å². The van der Waals surface area contributed by atoms with Crippen LogP contribution in [0.4, 0.5) is 0 Å². The number of amides is 1. The van der Waals surface area contributed by atoms with E-state index in [0.717, 1.165) is 31.6 Å². The molecule has 4 aliphatic carbocycles. The van der Waals surface area contributed by atoms with Gasteiger partial charge in [0.05, 0.1) is 12.6 Å². The first-order chi connectivity index (χ1) is 11.1. The maximum atomic E-state index is 12.1. The normalized spacial score (nSPS) is 41.8. The lowest BCUT2D eigenvalue weighted by molar-refractivity contribution is -0.197. The molecule has 23 heavy (non-hydrogen) atoms. The summed E-state index contributed by atoms with van der Waals surface area (Å²) < 4.78 is 0. The van der Waals surface area contributed by atoms with Crippen LogP contribution in [-0.2, 0) is 9.63 Å². The Labute approximate surface area is 140 Å². The van der Waals surface area contributed by atoms with Gasteiger partial charge in [0.25, 0.3) is 0 Å². The summed E-state index contributed by atoms with van der Waals surface area (Å²) in [6.07, 6.45) is 7.63. The number of carbonyl (C=O) groups is 1. The molecule has 5 aliphatic rings. The maximum Gasteiger partial charge on any atom is 0.223 e. The van der Waals surface area contributed by atoms with Crippen LogP contribution in [0.15, 0.2) is 22.9 Å². The van der Waals surface area contributed by atoms with Gasteiger partial charge in [0, 0.05) is 16.4 Å². The van der Waals surface area contributed by atoms with Gasteiger partial charge in [-0.1, -0.05) is 0 Å². The first-order valence-electron chi connectivity index (χ1n) is 8.62. The Hall–Kier alpha value is -1.33. The molecule has 0 aromatic carbocycles. The first-order valence-corrected chi connectivity index (χ1v) is 9.56. The van der Waals surface area contributed by atoms with E-state index >= 15 is 0 Å². The molecule has 1 aromatic heterocycles. The molecule has 0 spiro atoms. The Bertz CT molecular complexity index is 653. The van der Waals surface area contributed by atoms with Gasteiger partial charge in [-0.15, -0.1) is 5.06 Å². The molecule has 1 aromatic rings. The zero-order valence-corrected chi connectivity index (χ0v) is 13.9. The molecule has 2 unspecified atom stereocenters. The standard InChI is InChI=1S/C18H22N2O2S/c19-17(21)18-7-11-5-13(8-18)16(14(6-11)9-18)20-3-1-15(22-20)12-2-4-23-10-12/h1-2,4,10-11,13-14,16H,3,5-9H2,(H2,19,21). The van der Waals surface area contributed by atoms with Crippen LogP contribution in [0.5, 0.6) is 0 Å². The van der Waals surface area contributed by atoms with Gasteiger partial charge in [-0.05, 0) is 67.4 Å². The predicted molar refractivity (Wildman–Crippen MR) is 89.1 cm³/mol. The van der Waals surface area contributed by atoms with E-state index in [2.05, 4.69) is 28.0 Å². The van der Waals surface area contributed by atoms with Crippen molar-refractivity contribution in [2.45, 2.75) is 38.1 Å². The zero-order chi connectivity index (χ0) is 15.6. The van der Waals surface area contributed by atoms with E-state index in [0.29, 0.717) is 23.8 Å². The fraction of sp³-hybridized carbons (Fsp3) is 0.611. The van der Waals surface area contributed by atoms with Crippen LogP contribution < -0.4 is 5.73 Å². The van der Waals surface area contributed by atoms with Crippen LogP contribution in [0.3, 0.4) is 0 Å². The van der Waals surface area contributed by atoms with Crippen LogP contribution >= 0.6 is 11.3 Å². The van der Waals surface area contributed by atoms with Crippen molar-refractivity contribution in [3.05, 3.63) is 28.5 Å². The van der Waals surface area contributed by atoms with E-state index < -0.39 is 0 Å². The Morgan fingerprint density at radius 1 is 1.30 bits per heavy atom. The average molecular weight is 330 g/mol. The van der Waals surface area contributed by atoms with Crippen LogP contribution in [-0.4, -0.2) is 23.6 Å². The number of nitrogens with zero attached hydrogens (tertiary/aromatic N) is 1. The van der Waals surface area contributed by atoms with Gasteiger partial charge in [0.2, 0.25) is 5.91 Å². The molecule has 5 heteroatoms. The molecular formula is C18H22N2O2S. The van der Waals surface area contributed by atoms with Gasteiger partial charge >= 0.3 is 0 Å². The van der Waals surface area contributed by atoms with Crippen molar-refractivity contribution in [3.8, 4) is 0 Å². The summed E-state index contributed by atoms with van der Waals surface area (Å²) >= 11 is 1.70. The molecule has 2 atom stereocenters. The summed E-state index contributed by atoms with van der Waals surface area (Å²) in [5.41, 5.74) is 6.75. The number of hydroxylamine groups is 2. The van der Waals surface area contributed by atoms with Gasteiger partial charge in [0.15, 0.2) is 5.76 Å². The van der Waals surface area contributed by atoms with Crippen molar-refractivity contribution >= 4 is 23.0 Å². The highest BCUT2D eigenvalue weighted by Gasteiger charge is 2.59. The van der Waals surface area contributed by atoms with E-state index in [1.54, 1.807) is 11.3 Å². The topological polar surface area (TPSA) is 55.6 Å². The second-order valence-corrected chi connectivity index (χ2v) is 8.66. The fourth-order valence-electron chi connectivity index (χ4n) is 5.90. The summed E-state index contributed by atoms with van der Waals surface area (Å²) in [5.74, 6) is 2.75. The molecule has 6 rings (SSSR count). The summed E-state index contributed by atoms with van der Waals surface area (Å²) in [4.78, 5) is 18.3. The van der Waals surface area contributed by atoms with Crippen LogP contribution in [0.25, 0.3) is 5.76 Å². The minimum atomic E-state index is -0.212. The summed E-state index contributed by atoms with van der Waals surface area (Å²) in [7, 11) is 0. The Kier molecular flexibility index (Phi) is 2.95. The van der Waals surface area contributed by atoms with Gasteiger partial charge in [-0.25, -0.2) is 0 Å². The van der Waals surface area contributed by atoms with Crippen LogP contribution in [0.1, 0.15) is 37.7 Å². The molecule has 122 valence electrons. The van der Waals surface area contributed by atoms with E-state index in [-0.39, 0.29) is 11.3 Å². The van der Waals surface area contributed by atoms with Crippen molar-refractivity contribution in [1.82, 2.24) is 5.06 Å². The monoisotopic (exact) mass is 330 g/mol. The third-order valence-electron chi connectivity index (χ3n) is 6.56. The van der Waals surface area contributed by atoms with Gasteiger partial charge < -0.3 is 10.6 Å². The number of hydrogen-bond donors (Lipinski definition) is 1. The van der Waals surface area contributed by atoms with Crippen molar-refractivity contribution < 1.29 is 9.63 Å². The lowest BCUT2D eigenvalue weighted by Gasteiger charge is -2.59. The quantitative estimate of drug-likeness (QED) is 0.927. The Morgan fingerprint density at radius 2 is 2.09 bits per heavy atom. The van der Waals surface area contributed by atoms with E-state index in [1.807, 2.05) is 0 Å². The lowest BCUT2D eigenvalue weighted by atomic mass is 9.47. The predicted octanol–water partition coefficient (Wildman–Crippen LogP) is 3.02. The number of carbonyl (C=O) groups excluding carboxylic acids is 1. The van der Waals surface area contributed by atoms with Crippen LogP contribution in [0, 0.1) is 23.2 Å². The average Bonchev–Trinajstić information content (AvgIpc) is 3.17. The molecule has 0 saturated heterocycles. The van der Waals surface area contributed by atoms with E-state index in [1.165, 1.54) is 18.4 Å². The smallest absolute Gasteiger partial charge is 0.223 e. The third-order valence-corrected chi connectivity index (χ3v) is 7.24. The SMILES string of the molecule is NC(=O)C12CC3CC(C1)C(N1CC=C(c4ccsc4)O1)C(C3)C2. The molecule has 0 radical (unpaired) electrons. The molecule has 4 fully saturated rings. The van der Waals surface area contributed by atoms with E-state index in [9.17, 15) is 4.79 Å². The molecule has 1 aliphatic heterocycles. The second-order valence-electron chi connectivity index (χ2n) is 7.88. The summed E-state index contributed by atoms with van der Waals surface area (Å²) in [6.45, 7) is 0.858. The van der Waals surface area contributed by atoms with Gasteiger partial charge in [-0.3, -0.25) is 4.79 Å². The van der Waals surface area contributed by atoms with Crippen LogP contribution in [0.2, 0.25) is 0 Å². The number of primary amides is 1. The Morgan fingerprint density at radius 3 is 2.74 bits per heavy atom. The van der Waals surface area contributed by atoms with E-state index in [4.69, 9.17) is 10.6 Å². The summed E-state index contributed by atoms with van der Waals surface area (Å²) in [6, 6.07) is 2.56. The molecule has 1 amide bonds. The minimum absolute atomic E-state index is 0.0604. The number of thiophene rings is 1. The molecule has 2 N–H and O–H groups in total. The minimum Gasteiger partial charge on any atom is -0.405 e. The number of nitrogens with two attached hydrogens (primary N) is 1. The van der Waals surface area contributed by atoms with Crippen molar-refractivity contribution in [1.29, 1.82) is 0 Å². The van der Waals surface area contributed by atoms with Crippen molar-refractivity contribution in [2.24, 2.45) is 28.9 Å². The largest absolute Gasteiger partial charge is 0.405 e. The highest BCUT2D eigenvalue weighted by atomic mass is 32.1. The first kappa shape index (κ1) is 14.1. The fourth-order valence-corrected chi connectivity index (χ4v) is 6.55. The van der Waals surface area contributed by atoms with Crippen molar-refractivity contribution in [3.63, 3.8) is 0 Å². The highest BCUT2D eigenvalue weighted by Crippen LogP contribution is 2.61. The molecular weight excluding hydrogens is 308 g/mol. The number of rotatable bonds is 3. The molecule has 2 heterocycles. The third kappa shape index (κ3) is 2.02. The molecule has 4 bridgehead atoms. The highest BCUT2D eigenvalue weighted by molar-refractivity contribution is 7.08. The second kappa shape index (κ2) is 4.84. The Balaban J connectivity index is 1.37. The maximum absolute atomic E-state index is 12.1. The lowest BCUT2D eigenvalue weighted by Crippen LogP contribution is -2.61. The molecule has 4 nitrogen and oxygen atoms in total. The van der Waals surface area contributed by atoms with Gasteiger partial charge in [-0.2, -0.15) is 11.3 Å². The summed E-state index contributed by atoms with van der Waals surface area (Å²) in [5, 5.41) is 6.41. The number of hydrogen-bond acceptors (Lipinski definition) is 4. The molecule has 4 saturated carbocycles. The zero-order valence-electron chi connectivity index (χ0n) is 13.1.